The van der Waals surface area contributed by atoms with Gasteiger partial charge in [-0.25, -0.2) is 0 Å². The van der Waals surface area contributed by atoms with Crippen molar-refractivity contribution in [3.63, 3.8) is 0 Å². The van der Waals surface area contributed by atoms with Crippen LogP contribution >= 0.6 is 31.9 Å². The van der Waals surface area contributed by atoms with E-state index in [2.05, 4.69) is 74.9 Å². The molecule has 2 aliphatic heterocycles. The molecule has 0 radical (unpaired) electrons. The Morgan fingerprint density at radius 2 is 1.10 bits per heavy atom. The Labute approximate surface area is 437 Å². The molecule has 378 valence electrons. The van der Waals surface area contributed by atoms with E-state index >= 15 is 0 Å². The Kier molecular flexibility index (Phi) is 21.2. The van der Waals surface area contributed by atoms with E-state index in [9.17, 15) is 34.7 Å². The van der Waals surface area contributed by atoms with Gasteiger partial charge in [0.25, 0.3) is 11.4 Å². The highest BCUT2D eigenvalue weighted by Gasteiger charge is 2.19. The van der Waals surface area contributed by atoms with Crippen molar-refractivity contribution in [3.8, 4) is 0 Å². The number of nitrogens with one attached hydrogen (secondary N) is 3. The molecule has 0 amide bonds. The van der Waals surface area contributed by atoms with E-state index in [4.69, 9.17) is 15.2 Å². The number of halogens is 3. The highest BCUT2D eigenvalue weighted by molar-refractivity contribution is 9.10. The third kappa shape index (κ3) is 17.5. The van der Waals surface area contributed by atoms with E-state index in [1.54, 1.807) is 42.9 Å². The number of nitrogen functional groups attached to an aromatic ring is 1. The molecule has 7 aromatic rings. The smallest absolute Gasteiger partial charge is 0.304 e. The van der Waals surface area contributed by atoms with Crippen LogP contribution in [0.25, 0.3) is 5.57 Å². The van der Waals surface area contributed by atoms with Gasteiger partial charge < -0.3 is 31.2 Å². The minimum atomic E-state index is -0.829. The lowest BCUT2D eigenvalue weighted by Crippen LogP contribution is -2.14. The Morgan fingerprint density at radius 3 is 1.59 bits per heavy atom. The highest BCUT2D eigenvalue weighted by Crippen LogP contribution is 2.33. The maximum Gasteiger partial charge on any atom is 0.304 e. The van der Waals surface area contributed by atoms with Crippen LogP contribution in [0, 0.1) is 36.2 Å². The molecule has 73 heavy (non-hydrogen) atoms. The van der Waals surface area contributed by atoms with Crippen LogP contribution in [0.4, 0.5) is 44.2 Å². The topological polar surface area (TPSA) is 249 Å². The molecule has 3 aromatic heterocycles. The number of aromatic nitrogens is 3. The van der Waals surface area contributed by atoms with Crippen molar-refractivity contribution < 1.29 is 28.6 Å². The molecule has 0 atom stereocenters. The number of nitrogens with two attached hydrogens (primary N) is 1. The molecule has 4 aromatic carbocycles. The molecule has 0 spiro atoms. The minimum Gasteiger partial charge on any atom is -0.397 e. The zero-order valence-corrected chi connectivity index (χ0v) is 42.4. The number of ether oxygens (including phenoxy) is 2. The summed E-state index contributed by atoms with van der Waals surface area (Å²) in [4.78, 5) is 43.3. The number of hydrogen-bond donors (Lipinski definition) is 4. The zero-order chi connectivity index (χ0) is 52.0. The molecule has 0 aliphatic carbocycles. The van der Waals surface area contributed by atoms with Crippen molar-refractivity contribution in [2.45, 2.75) is 44.8 Å². The first-order valence-electron chi connectivity index (χ1n) is 22.8. The standard InChI is InChI=1S/C17H17N3O3.C17H21N3O.C12H10BrN3O2.C6H3BrFNO2/c21-20(22)17-5-4-14(13-6-9-23-10-7-13)11-16(17)19-12-15-3-1-2-8-18-15;18-16-5-4-14(13-6-9-21-10-7-13)11-17(16)20-12-15-3-1-2-8-19-15;13-9-4-5-12(16(17)18)11(7-9)15-8-10-3-1-2-6-14-10;7-4-1-2-6(9(10)11)5(8)3-4/h1-6,8,11,19H,7,9-10,12H2;1-5,8,11,13,20H,6-7,9-10,12,18H2;1-7,15H,8H2;1-3H. The van der Waals surface area contributed by atoms with Crippen molar-refractivity contribution in [2.75, 3.05) is 48.1 Å². The first-order valence-corrected chi connectivity index (χ1v) is 24.4. The predicted octanol–water partition coefficient (Wildman–Crippen LogP) is 12.4. The zero-order valence-electron chi connectivity index (χ0n) is 39.2. The van der Waals surface area contributed by atoms with Crippen molar-refractivity contribution >= 4 is 77.2 Å². The summed E-state index contributed by atoms with van der Waals surface area (Å²) < 4.78 is 24.6. The Bertz CT molecular complexity index is 2960. The molecule has 1 fully saturated rings. The molecule has 18 nitrogen and oxygen atoms in total. The summed E-state index contributed by atoms with van der Waals surface area (Å²) in [6.45, 7) is 4.54. The summed E-state index contributed by atoms with van der Waals surface area (Å²) in [5.74, 6) is -0.251. The summed E-state index contributed by atoms with van der Waals surface area (Å²) in [6.07, 6.45) is 10.2. The van der Waals surface area contributed by atoms with Gasteiger partial charge in [0.05, 0.1) is 76.1 Å². The van der Waals surface area contributed by atoms with E-state index in [0.717, 1.165) is 88.7 Å². The molecule has 0 bridgehead atoms. The van der Waals surface area contributed by atoms with Crippen LogP contribution in [0.15, 0.2) is 161 Å². The monoisotopic (exact) mass is 1120 g/mol. The normalized spacial score (nSPS) is 12.9. The van der Waals surface area contributed by atoms with Gasteiger partial charge in [-0.05, 0) is 127 Å². The summed E-state index contributed by atoms with van der Waals surface area (Å²) >= 11 is 6.28. The average molecular weight is 1120 g/mol. The van der Waals surface area contributed by atoms with Crippen LogP contribution in [0.1, 0.15) is 53.4 Å². The lowest BCUT2D eigenvalue weighted by Gasteiger charge is -2.23. The Balaban J connectivity index is 0.000000163. The summed E-state index contributed by atoms with van der Waals surface area (Å²) in [6, 6.07) is 36.9. The number of pyridine rings is 3. The van der Waals surface area contributed by atoms with Gasteiger partial charge in [0.1, 0.15) is 11.4 Å². The molecule has 21 heteroatoms. The molecule has 5 N–H and O–H groups in total. The molecule has 1 saturated heterocycles. The molecule has 0 saturated carbocycles. The van der Waals surface area contributed by atoms with Gasteiger partial charge in [-0.2, -0.15) is 4.39 Å². The van der Waals surface area contributed by atoms with Crippen molar-refractivity contribution in [1.82, 2.24) is 15.0 Å². The van der Waals surface area contributed by atoms with Gasteiger partial charge in [0.2, 0.25) is 5.82 Å². The van der Waals surface area contributed by atoms with Crippen LogP contribution in [0.3, 0.4) is 0 Å². The van der Waals surface area contributed by atoms with E-state index in [0.29, 0.717) is 54.6 Å². The molecule has 0 unspecified atom stereocenters. The van der Waals surface area contributed by atoms with Crippen molar-refractivity contribution in [1.29, 1.82) is 0 Å². The average Bonchev–Trinajstić information content (AvgIpc) is 3.41. The fourth-order valence-electron chi connectivity index (χ4n) is 7.34. The van der Waals surface area contributed by atoms with E-state index in [1.807, 2.05) is 72.8 Å². The van der Waals surface area contributed by atoms with Gasteiger partial charge in [-0.1, -0.05) is 62.2 Å². The van der Waals surface area contributed by atoms with Gasteiger partial charge in [0.15, 0.2) is 0 Å². The predicted molar refractivity (Wildman–Crippen MR) is 286 cm³/mol. The molecule has 5 heterocycles. The first-order chi connectivity index (χ1) is 35.3. The largest absolute Gasteiger partial charge is 0.397 e. The van der Waals surface area contributed by atoms with E-state index in [-0.39, 0.29) is 16.3 Å². The summed E-state index contributed by atoms with van der Waals surface area (Å²) in [5, 5.41) is 41.7. The van der Waals surface area contributed by atoms with Crippen LogP contribution < -0.4 is 21.7 Å². The van der Waals surface area contributed by atoms with Crippen LogP contribution in [-0.2, 0) is 29.1 Å². The number of benzene rings is 4. The van der Waals surface area contributed by atoms with Crippen molar-refractivity contribution in [2.24, 2.45) is 0 Å². The maximum atomic E-state index is 12.6. The second-order valence-corrected chi connectivity index (χ2v) is 17.9. The first kappa shape index (κ1) is 54.6. The molecular weight excluding hydrogens is 1070 g/mol. The second-order valence-electron chi connectivity index (χ2n) is 16.1. The summed E-state index contributed by atoms with van der Waals surface area (Å²) in [7, 11) is 0. The van der Waals surface area contributed by atoms with Crippen molar-refractivity contribution in [3.05, 3.63) is 225 Å². The van der Waals surface area contributed by atoms with Gasteiger partial charge in [-0.15, -0.1) is 0 Å². The third-order valence-corrected chi connectivity index (χ3v) is 12.1. The summed E-state index contributed by atoms with van der Waals surface area (Å²) in [5.41, 5.74) is 14.6. The van der Waals surface area contributed by atoms with Gasteiger partial charge >= 0.3 is 5.69 Å². The fraction of sp³-hybridized carbons (Fsp3) is 0.212. The van der Waals surface area contributed by atoms with Gasteiger partial charge in [0, 0.05) is 58.9 Å². The maximum absolute atomic E-state index is 12.6. The number of hydrogen-bond acceptors (Lipinski definition) is 15. The number of anilines is 4. The van der Waals surface area contributed by atoms with E-state index in [1.165, 1.54) is 17.7 Å². The number of nitro benzene ring substituents is 3. The SMILES string of the molecule is Nc1ccc(C2CCOCC2)cc1NCc1ccccn1.O=[N+]([O-])c1ccc(Br)cc1F.O=[N+]([O-])c1ccc(Br)cc1NCc1ccccn1.O=[N+]([O-])c1ccc(C2=CCOCC2)cc1NCc1ccccn1. The van der Waals surface area contributed by atoms with Gasteiger partial charge in [-0.3, -0.25) is 45.3 Å². The molecule has 9 rings (SSSR count). The van der Waals surface area contributed by atoms with Crippen LogP contribution in [0.2, 0.25) is 0 Å². The van der Waals surface area contributed by atoms with Crippen LogP contribution in [0.5, 0.6) is 0 Å². The third-order valence-electron chi connectivity index (χ3n) is 11.1. The van der Waals surface area contributed by atoms with E-state index < -0.39 is 21.4 Å². The second kappa shape index (κ2) is 28.4. The molecule has 2 aliphatic rings. The minimum absolute atomic E-state index is 0.0501. The quantitative estimate of drug-likeness (QED) is 0.0449. The number of nitro groups is 3. The number of rotatable bonds is 14. The Morgan fingerprint density at radius 1 is 0.589 bits per heavy atom. The lowest BCUT2D eigenvalue weighted by molar-refractivity contribution is -0.387. The number of nitrogens with zero attached hydrogens (tertiary/aromatic N) is 6. The highest BCUT2D eigenvalue weighted by atomic mass is 79.9. The Hall–Kier alpha value is -7.72. The lowest BCUT2D eigenvalue weighted by atomic mass is 9.91. The molecular formula is C52H51Br2FN10O8. The fourth-order valence-corrected chi connectivity index (χ4v) is 8.04. The van der Waals surface area contributed by atoms with Crippen LogP contribution in [-0.4, -0.2) is 56.1 Å².